The van der Waals surface area contributed by atoms with Crippen molar-refractivity contribution >= 4 is 0 Å². The highest BCUT2D eigenvalue weighted by molar-refractivity contribution is 5.24. The van der Waals surface area contributed by atoms with Crippen LogP contribution in [-0.4, -0.2) is 37.3 Å². The van der Waals surface area contributed by atoms with E-state index in [1.165, 1.54) is 0 Å². The van der Waals surface area contributed by atoms with Crippen LogP contribution in [0.15, 0.2) is 31.4 Å². The zero-order valence-corrected chi connectivity index (χ0v) is 12.7. The van der Waals surface area contributed by atoms with Gasteiger partial charge in [-0.3, -0.25) is 9.29 Å². The van der Waals surface area contributed by atoms with Crippen molar-refractivity contribution in [1.29, 1.82) is 0 Å². The molecule has 1 aromatic carbocycles. The molecule has 120 valence electrons. The van der Waals surface area contributed by atoms with Crippen LogP contribution in [-0.2, 0) is 0 Å². The van der Waals surface area contributed by atoms with Gasteiger partial charge < -0.3 is 4.74 Å². The van der Waals surface area contributed by atoms with Crippen molar-refractivity contribution in [2.24, 2.45) is 0 Å². The second-order valence-electron chi connectivity index (χ2n) is 4.15. The Bertz CT molecular complexity index is 375. The van der Waals surface area contributed by atoms with E-state index >= 15 is 0 Å². The number of benzene rings is 1. The monoisotopic (exact) mass is 303 g/mol. The topological polar surface area (TPSA) is 12.5 Å². The molecule has 0 aliphatic carbocycles. The summed E-state index contributed by atoms with van der Waals surface area (Å²) in [5.41, 5.74) is 0. The average molecular weight is 303 g/mol. The van der Waals surface area contributed by atoms with E-state index in [1.807, 2.05) is 18.7 Å². The summed E-state index contributed by atoms with van der Waals surface area (Å²) in [5, 5.41) is 0. The SMILES string of the molecule is C=C.CC.FCCCN1CC(Oc2cc(F)cc(F)c2)C1. The summed E-state index contributed by atoms with van der Waals surface area (Å²) in [6, 6.07) is 3.13. The first kappa shape index (κ1) is 19.5. The Balaban J connectivity index is 0.000000921. The predicted octanol–water partition coefficient (Wildman–Crippen LogP) is 4.22. The predicted molar refractivity (Wildman–Crippen MR) is 80.4 cm³/mol. The Hall–Kier alpha value is -1.49. The average Bonchev–Trinajstić information content (AvgIpc) is 2.44. The van der Waals surface area contributed by atoms with Gasteiger partial charge in [0.1, 0.15) is 23.5 Å². The molecule has 0 unspecified atom stereocenters. The second-order valence-corrected chi connectivity index (χ2v) is 4.15. The molecule has 2 nitrogen and oxygen atoms in total. The highest BCUT2D eigenvalue weighted by Crippen LogP contribution is 2.20. The Kier molecular flexibility index (Phi) is 10.4. The van der Waals surface area contributed by atoms with Crippen molar-refractivity contribution in [3.05, 3.63) is 43.0 Å². The Morgan fingerprint density at radius 3 is 2.14 bits per heavy atom. The number of alkyl halides is 1. The minimum atomic E-state index is -0.645. The molecule has 1 aliphatic heterocycles. The maximum atomic E-state index is 12.9. The van der Waals surface area contributed by atoms with Crippen LogP contribution in [0.2, 0.25) is 0 Å². The summed E-state index contributed by atoms with van der Waals surface area (Å²) in [7, 11) is 0. The number of hydrogen-bond donors (Lipinski definition) is 0. The van der Waals surface area contributed by atoms with Gasteiger partial charge in [0.05, 0.1) is 6.67 Å². The molecule has 1 aromatic rings. The van der Waals surface area contributed by atoms with Gasteiger partial charge in [0.15, 0.2) is 0 Å². The molecule has 0 saturated carbocycles. The van der Waals surface area contributed by atoms with E-state index in [0.29, 0.717) is 26.1 Å². The molecule has 1 aliphatic rings. The third-order valence-corrected chi connectivity index (χ3v) is 2.67. The first-order valence-corrected chi connectivity index (χ1v) is 7.08. The molecular weight excluding hydrogens is 279 g/mol. The van der Waals surface area contributed by atoms with Crippen LogP contribution < -0.4 is 4.74 Å². The van der Waals surface area contributed by atoms with E-state index in [0.717, 1.165) is 18.2 Å². The Labute approximate surface area is 125 Å². The van der Waals surface area contributed by atoms with Gasteiger partial charge in [-0.2, -0.15) is 0 Å². The van der Waals surface area contributed by atoms with Crippen LogP contribution in [0.5, 0.6) is 5.75 Å². The molecule has 21 heavy (non-hydrogen) atoms. The van der Waals surface area contributed by atoms with E-state index in [9.17, 15) is 13.2 Å². The molecule has 5 heteroatoms. The van der Waals surface area contributed by atoms with Crippen LogP contribution >= 0.6 is 0 Å². The zero-order chi connectivity index (χ0) is 16.3. The molecule has 2 rings (SSSR count). The standard InChI is InChI=1S/C12H14F3NO.C2H6.C2H4/c13-2-1-3-16-7-12(8-16)17-11-5-9(14)4-10(15)6-11;2*1-2/h4-6,12H,1-3,7-8H2;1-2H3;1-2H2. The van der Waals surface area contributed by atoms with Crippen LogP contribution in [0.3, 0.4) is 0 Å². The molecule has 0 aromatic heterocycles. The number of halogens is 3. The molecule has 0 spiro atoms. The number of likely N-dealkylation sites (tertiary alicyclic amines) is 1. The van der Waals surface area contributed by atoms with Crippen molar-refractivity contribution in [1.82, 2.24) is 4.90 Å². The lowest BCUT2D eigenvalue weighted by Gasteiger charge is -2.38. The maximum absolute atomic E-state index is 12.9. The van der Waals surface area contributed by atoms with Gasteiger partial charge in [0.2, 0.25) is 0 Å². The van der Waals surface area contributed by atoms with Gasteiger partial charge in [-0.15, -0.1) is 13.2 Å². The van der Waals surface area contributed by atoms with Gasteiger partial charge in [0, 0.05) is 37.8 Å². The van der Waals surface area contributed by atoms with Crippen molar-refractivity contribution in [3.63, 3.8) is 0 Å². The summed E-state index contributed by atoms with van der Waals surface area (Å²) >= 11 is 0. The fraction of sp³-hybridized carbons (Fsp3) is 0.500. The quantitative estimate of drug-likeness (QED) is 0.755. The lowest BCUT2D eigenvalue weighted by Crippen LogP contribution is -2.53. The van der Waals surface area contributed by atoms with Gasteiger partial charge in [-0.25, -0.2) is 8.78 Å². The third-order valence-electron chi connectivity index (χ3n) is 2.67. The molecule has 1 heterocycles. The van der Waals surface area contributed by atoms with Gasteiger partial charge in [-0.05, 0) is 6.42 Å². The Morgan fingerprint density at radius 1 is 1.14 bits per heavy atom. The fourth-order valence-corrected chi connectivity index (χ4v) is 1.85. The first-order chi connectivity index (χ1) is 10.2. The van der Waals surface area contributed by atoms with E-state index < -0.39 is 11.6 Å². The van der Waals surface area contributed by atoms with Gasteiger partial charge in [0.25, 0.3) is 0 Å². The molecule has 0 amide bonds. The summed E-state index contributed by atoms with van der Waals surface area (Å²) < 4.78 is 43.1. The lowest BCUT2D eigenvalue weighted by molar-refractivity contribution is 0.0181. The molecule has 0 radical (unpaired) electrons. The van der Waals surface area contributed by atoms with E-state index in [1.54, 1.807) is 0 Å². The fourth-order valence-electron chi connectivity index (χ4n) is 1.85. The summed E-state index contributed by atoms with van der Waals surface area (Å²) in [6.45, 7) is 11.7. The molecule has 0 N–H and O–H groups in total. The largest absolute Gasteiger partial charge is 0.488 e. The van der Waals surface area contributed by atoms with Crippen molar-refractivity contribution in [3.8, 4) is 5.75 Å². The number of ether oxygens (including phenoxy) is 1. The summed E-state index contributed by atoms with van der Waals surface area (Å²) in [6.07, 6.45) is 0.456. The van der Waals surface area contributed by atoms with Crippen LogP contribution in [0.4, 0.5) is 13.2 Å². The lowest BCUT2D eigenvalue weighted by atomic mass is 10.1. The maximum Gasteiger partial charge on any atom is 0.129 e. The molecule has 0 atom stereocenters. The molecule has 1 saturated heterocycles. The van der Waals surface area contributed by atoms with Crippen molar-refractivity contribution in [2.75, 3.05) is 26.3 Å². The summed E-state index contributed by atoms with van der Waals surface area (Å²) in [5.74, 6) is -1.08. The van der Waals surface area contributed by atoms with Crippen LogP contribution in [0.1, 0.15) is 20.3 Å². The molecular formula is C16H24F3NO. The van der Waals surface area contributed by atoms with Gasteiger partial charge in [-0.1, -0.05) is 13.8 Å². The van der Waals surface area contributed by atoms with Crippen LogP contribution in [0.25, 0.3) is 0 Å². The number of hydrogen-bond acceptors (Lipinski definition) is 2. The minimum Gasteiger partial charge on any atom is -0.488 e. The molecule has 1 fully saturated rings. The smallest absolute Gasteiger partial charge is 0.129 e. The number of nitrogens with zero attached hydrogens (tertiary/aromatic N) is 1. The van der Waals surface area contributed by atoms with E-state index in [4.69, 9.17) is 4.74 Å². The highest BCUT2D eigenvalue weighted by atomic mass is 19.1. The van der Waals surface area contributed by atoms with E-state index in [2.05, 4.69) is 13.2 Å². The Morgan fingerprint density at radius 2 is 1.67 bits per heavy atom. The zero-order valence-electron chi connectivity index (χ0n) is 12.7. The van der Waals surface area contributed by atoms with E-state index in [-0.39, 0.29) is 18.5 Å². The second kappa shape index (κ2) is 11.2. The first-order valence-electron chi connectivity index (χ1n) is 7.08. The van der Waals surface area contributed by atoms with Crippen molar-refractivity contribution in [2.45, 2.75) is 26.4 Å². The van der Waals surface area contributed by atoms with Crippen LogP contribution in [0, 0.1) is 11.6 Å². The normalized spacial score (nSPS) is 14.1. The van der Waals surface area contributed by atoms with Gasteiger partial charge >= 0.3 is 0 Å². The summed E-state index contributed by atoms with van der Waals surface area (Å²) in [4.78, 5) is 2.04. The number of rotatable bonds is 5. The minimum absolute atomic E-state index is 0.0594. The third kappa shape index (κ3) is 7.18. The van der Waals surface area contributed by atoms with Crippen molar-refractivity contribution < 1.29 is 17.9 Å². The highest BCUT2D eigenvalue weighted by Gasteiger charge is 2.27. The molecule has 0 bridgehead atoms.